The van der Waals surface area contributed by atoms with Gasteiger partial charge >= 0.3 is 0 Å². The van der Waals surface area contributed by atoms with E-state index >= 15 is 0 Å². The van der Waals surface area contributed by atoms with E-state index in [0.29, 0.717) is 12.4 Å². The molecule has 1 fully saturated rings. The topological polar surface area (TPSA) is 67.7 Å². The summed E-state index contributed by atoms with van der Waals surface area (Å²) in [5, 5.41) is 11.6. The summed E-state index contributed by atoms with van der Waals surface area (Å²) in [6.45, 7) is 2.19. The maximum Gasteiger partial charge on any atom is 0.212 e. The summed E-state index contributed by atoms with van der Waals surface area (Å²) >= 11 is 0. The minimum atomic E-state index is -0.533. The van der Waals surface area contributed by atoms with Crippen molar-refractivity contribution in [3.63, 3.8) is 0 Å². The van der Waals surface area contributed by atoms with Gasteiger partial charge < -0.3 is 14.6 Å². The fourth-order valence-electron chi connectivity index (χ4n) is 3.44. The second kappa shape index (κ2) is 7.90. The molecule has 1 aromatic carbocycles. The summed E-state index contributed by atoms with van der Waals surface area (Å²) in [7, 11) is 1.61. The lowest BCUT2D eigenvalue weighted by atomic mass is 10.0. The van der Waals surface area contributed by atoms with Crippen LogP contribution in [-0.4, -0.2) is 52.4 Å². The van der Waals surface area contributed by atoms with Crippen molar-refractivity contribution in [1.82, 2.24) is 14.9 Å². The normalized spacial score (nSPS) is 20.5. The lowest BCUT2D eigenvalue weighted by Gasteiger charge is -2.35. The Kier molecular flexibility index (Phi) is 5.18. The van der Waals surface area contributed by atoms with E-state index in [1.165, 1.54) is 0 Å². The summed E-state index contributed by atoms with van der Waals surface area (Å²) in [6.07, 6.45) is 3.63. The van der Waals surface area contributed by atoms with Gasteiger partial charge in [0.2, 0.25) is 5.88 Å². The quantitative estimate of drug-likeness (QED) is 0.750. The SMILES string of the molecule is COc1ccc(CN2CC[C@@H](Oc3ccc4ncccc4c3)[C@H](O)C2)cn1. The third kappa shape index (κ3) is 4.18. The number of nitrogens with zero attached hydrogens (tertiary/aromatic N) is 3. The number of benzene rings is 1. The fraction of sp³-hybridized carbons (Fsp3) is 0.333. The molecule has 0 amide bonds. The molecule has 1 aliphatic rings. The molecule has 3 aromatic rings. The van der Waals surface area contributed by atoms with Crippen molar-refractivity contribution in [3.8, 4) is 11.6 Å². The summed E-state index contributed by atoms with van der Waals surface area (Å²) in [4.78, 5) is 10.8. The number of aliphatic hydroxyl groups excluding tert-OH is 1. The highest BCUT2D eigenvalue weighted by atomic mass is 16.5. The zero-order valence-corrected chi connectivity index (χ0v) is 15.3. The molecule has 1 aliphatic heterocycles. The molecule has 3 heterocycles. The van der Waals surface area contributed by atoms with Crippen LogP contribution in [0.4, 0.5) is 0 Å². The predicted molar refractivity (Wildman–Crippen MR) is 103 cm³/mol. The maximum atomic E-state index is 10.6. The highest BCUT2D eigenvalue weighted by molar-refractivity contribution is 5.79. The maximum absolute atomic E-state index is 10.6. The molecular formula is C21H23N3O3. The van der Waals surface area contributed by atoms with Gasteiger partial charge in [-0.2, -0.15) is 0 Å². The molecule has 0 radical (unpaired) electrons. The average Bonchev–Trinajstić information content (AvgIpc) is 2.70. The van der Waals surface area contributed by atoms with Gasteiger partial charge in [0.05, 0.1) is 12.6 Å². The Balaban J connectivity index is 1.36. The first-order chi connectivity index (χ1) is 13.2. The Labute approximate surface area is 158 Å². The van der Waals surface area contributed by atoms with Gasteiger partial charge in [0.15, 0.2) is 0 Å². The lowest BCUT2D eigenvalue weighted by Crippen LogP contribution is -2.48. The molecule has 1 N–H and O–H groups in total. The van der Waals surface area contributed by atoms with Crippen LogP contribution in [0.25, 0.3) is 10.9 Å². The fourth-order valence-corrected chi connectivity index (χ4v) is 3.44. The molecule has 0 unspecified atom stereocenters. The third-order valence-electron chi connectivity index (χ3n) is 4.88. The van der Waals surface area contributed by atoms with E-state index in [4.69, 9.17) is 9.47 Å². The molecule has 1 saturated heterocycles. The number of hydrogen-bond acceptors (Lipinski definition) is 6. The first-order valence-electron chi connectivity index (χ1n) is 9.12. The summed E-state index contributed by atoms with van der Waals surface area (Å²) in [5.41, 5.74) is 2.04. The van der Waals surface area contributed by atoms with Crippen LogP contribution >= 0.6 is 0 Å². The second-order valence-corrected chi connectivity index (χ2v) is 6.81. The Morgan fingerprint density at radius 3 is 2.89 bits per heavy atom. The van der Waals surface area contributed by atoms with Crippen molar-refractivity contribution in [1.29, 1.82) is 0 Å². The first-order valence-corrected chi connectivity index (χ1v) is 9.12. The highest BCUT2D eigenvalue weighted by Crippen LogP contribution is 2.24. The molecular weight excluding hydrogens is 342 g/mol. The molecule has 4 rings (SSSR count). The van der Waals surface area contributed by atoms with E-state index < -0.39 is 6.10 Å². The number of aliphatic hydroxyl groups is 1. The van der Waals surface area contributed by atoms with Gasteiger partial charge in [0, 0.05) is 43.5 Å². The number of ether oxygens (including phenoxy) is 2. The first kappa shape index (κ1) is 17.7. The zero-order chi connectivity index (χ0) is 18.6. The summed E-state index contributed by atoms with van der Waals surface area (Å²) in [5.74, 6) is 1.38. The smallest absolute Gasteiger partial charge is 0.212 e. The van der Waals surface area contributed by atoms with Crippen LogP contribution in [0.2, 0.25) is 0 Å². The number of fused-ring (bicyclic) bond motifs is 1. The van der Waals surface area contributed by atoms with Crippen molar-refractivity contribution in [2.75, 3.05) is 20.2 Å². The van der Waals surface area contributed by atoms with Gasteiger partial charge in [-0.1, -0.05) is 12.1 Å². The molecule has 2 atom stereocenters. The van der Waals surface area contributed by atoms with Gasteiger partial charge in [-0.3, -0.25) is 9.88 Å². The minimum Gasteiger partial charge on any atom is -0.488 e. The van der Waals surface area contributed by atoms with Gasteiger partial charge in [-0.05, 0) is 36.2 Å². The highest BCUT2D eigenvalue weighted by Gasteiger charge is 2.29. The molecule has 27 heavy (non-hydrogen) atoms. The lowest BCUT2D eigenvalue weighted by molar-refractivity contribution is -0.0274. The van der Waals surface area contributed by atoms with Crippen molar-refractivity contribution in [3.05, 3.63) is 60.4 Å². The van der Waals surface area contributed by atoms with E-state index in [2.05, 4.69) is 14.9 Å². The molecule has 6 nitrogen and oxygen atoms in total. The number of methoxy groups -OCH3 is 1. The van der Waals surface area contributed by atoms with Crippen molar-refractivity contribution < 1.29 is 14.6 Å². The number of likely N-dealkylation sites (tertiary alicyclic amines) is 1. The Morgan fingerprint density at radius 2 is 2.11 bits per heavy atom. The van der Waals surface area contributed by atoms with Crippen molar-refractivity contribution in [2.45, 2.75) is 25.2 Å². The van der Waals surface area contributed by atoms with Gasteiger partial charge in [0.1, 0.15) is 18.0 Å². The minimum absolute atomic E-state index is 0.204. The van der Waals surface area contributed by atoms with Crippen LogP contribution in [0, 0.1) is 0 Å². The van der Waals surface area contributed by atoms with E-state index in [0.717, 1.165) is 41.7 Å². The van der Waals surface area contributed by atoms with E-state index in [1.807, 2.05) is 48.7 Å². The van der Waals surface area contributed by atoms with Gasteiger partial charge in [-0.15, -0.1) is 0 Å². The van der Waals surface area contributed by atoms with Crippen molar-refractivity contribution >= 4 is 10.9 Å². The Morgan fingerprint density at radius 1 is 1.19 bits per heavy atom. The van der Waals surface area contributed by atoms with Crippen LogP contribution in [0.15, 0.2) is 54.9 Å². The van der Waals surface area contributed by atoms with Crippen LogP contribution in [0.1, 0.15) is 12.0 Å². The van der Waals surface area contributed by atoms with E-state index in [9.17, 15) is 5.11 Å². The van der Waals surface area contributed by atoms with E-state index in [1.54, 1.807) is 13.3 Å². The van der Waals surface area contributed by atoms with Crippen LogP contribution in [-0.2, 0) is 6.54 Å². The molecule has 2 aromatic heterocycles. The van der Waals surface area contributed by atoms with Gasteiger partial charge in [0.25, 0.3) is 0 Å². The monoisotopic (exact) mass is 365 g/mol. The molecule has 140 valence electrons. The standard InChI is InChI=1S/C21H23N3O3/c1-26-21-7-4-15(12-23-21)13-24-10-8-20(19(25)14-24)27-17-5-6-18-16(11-17)3-2-9-22-18/h2-7,9,11-12,19-20,25H,8,10,13-14H2,1H3/t19-,20-/m1/s1. The Bertz CT molecular complexity index is 901. The molecule has 0 spiro atoms. The van der Waals surface area contributed by atoms with E-state index in [-0.39, 0.29) is 6.10 Å². The molecule has 0 bridgehead atoms. The predicted octanol–water partition coefficient (Wildman–Crippen LogP) is 2.65. The van der Waals surface area contributed by atoms with Crippen LogP contribution in [0.3, 0.4) is 0 Å². The third-order valence-corrected chi connectivity index (χ3v) is 4.88. The Hall–Kier alpha value is -2.70. The van der Waals surface area contributed by atoms with Gasteiger partial charge in [-0.25, -0.2) is 4.98 Å². The number of piperidine rings is 1. The van der Waals surface area contributed by atoms with Crippen LogP contribution in [0.5, 0.6) is 11.6 Å². The number of rotatable bonds is 5. The number of aromatic nitrogens is 2. The number of pyridine rings is 2. The van der Waals surface area contributed by atoms with Crippen LogP contribution < -0.4 is 9.47 Å². The number of β-amino-alcohol motifs (C(OH)–C–C–N with tert-alkyl or cyclic N) is 1. The molecule has 6 heteroatoms. The molecule has 0 saturated carbocycles. The number of hydrogen-bond donors (Lipinski definition) is 1. The summed E-state index contributed by atoms with van der Waals surface area (Å²) in [6, 6.07) is 13.6. The molecule has 0 aliphatic carbocycles. The zero-order valence-electron chi connectivity index (χ0n) is 15.3. The average molecular weight is 365 g/mol. The van der Waals surface area contributed by atoms with Crippen molar-refractivity contribution in [2.24, 2.45) is 0 Å². The second-order valence-electron chi connectivity index (χ2n) is 6.81. The summed E-state index contributed by atoms with van der Waals surface area (Å²) < 4.78 is 11.2. The largest absolute Gasteiger partial charge is 0.488 e.